The minimum Gasteiger partial charge on any atom is -0.457 e. The standard InChI is InChI=1S/C38H45N3O2/c1-36(2,3)27-19-28(37(4,5)6)21-31(20-27)41-18-17-40(26-41)30-13-12-14-32(24-30)42-33-22-29(38(7,8)9)23-34(25-33)43-35-15-10-11-16-39-35/h10-25H,26H2,1-9H3. The van der Waals surface area contributed by atoms with Crippen LogP contribution in [-0.2, 0) is 16.2 Å². The molecule has 1 aromatic heterocycles. The van der Waals surface area contributed by atoms with Crippen molar-refractivity contribution >= 4 is 11.4 Å². The van der Waals surface area contributed by atoms with Crippen LogP contribution >= 0.6 is 0 Å². The highest BCUT2D eigenvalue weighted by molar-refractivity contribution is 5.63. The monoisotopic (exact) mass is 575 g/mol. The number of anilines is 2. The Hall–Kier alpha value is -4.25. The van der Waals surface area contributed by atoms with Gasteiger partial charge in [0.15, 0.2) is 0 Å². The molecule has 5 nitrogen and oxygen atoms in total. The number of hydrogen-bond acceptors (Lipinski definition) is 5. The number of pyridine rings is 1. The lowest BCUT2D eigenvalue weighted by molar-refractivity contribution is 0.444. The number of rotatable bonds is 6. The number of hydrogen-bond donors (Lipinski definition) is 0. The summed E-state index contributed by atoms with van der Waals surface area (Å²) in [5.74, 6) is 2.74. The number of nitrogens with zero attached hydrogens (tertiary/aromatic N) is 3. The van der Waals surface area contributed by atoms with E-state index >= 15 is 0 Å². The van der Waals surface area contributed by atoms with E-state index in [9.17, 15) is 0 Å². The summed E-state index contributed by atoms with van der Waals surface area (Å²) >= 11 is 0. The summed E-state index contributed by atoms with van der Waals surface area (Å²) in [4.78, 5) is 8.87. The van der Waals surface area contributed by atoms with E-state index < -0.39 is 0 Å². The van der Waals surface area contributed by atoms with E-state index in [0.29, 0.717) is 11.6 Å². The van der Waals surface area contributed by atoms with Crippen molar-refractivity contribution in [1.29, 1.82) is 0 Å². The maximum atomic E-state index is 6.45. The minimum absolute atomic E-state index is 0.0671. The molecule has 1 aliphatic rings. The molecule has 0 amide bonds. The van der Waals surface area contributed by atoms with Crippen molar-refractivity contribution in [3.63, 3.8) is 0 Å². The molecule has 4 aromatic rings. The SMILES string of the molecule is CC(C)(C)c1cc(Oc2cccc(N3C=CN(c4cc(C(C)(C)C)cc(C(C)(C)C)c4)C3)c2)cc(Oc2ccccn2)c1. The quantitative estimate of drug-likeness (QED) is 0.229. The van der Waals surface area contributed by atoms with E-state index in [2.05, 4.69) is 132 Å². The largest absolute Gasteiger partial charge is 0.457 e. The van der Waals surface area contributed by atoms with Gasteiger partial charge in [0.05, 0.1) is 6.67 Å². The molecule has 5 rings (SSSR count). The van der Waals surface area contributed by atoms with Crippen LogP contribution in [0.15, 0.2) is 97.5 Å². The first-order valence-electron chi connectivity index (χ1n) is 15.1. The maximum Gasteiger partial charge on any atom is 0.219 e. The van der Waals surface area contributed by atoms with Crippen LogP contribution < -0.4 is 19.3 Å². The van der Waals surface area contributed by atoms with Gasteiger partial charge in [0.25, 0.3) is 0 Å². The van der Waals surface area contributed by atoms with E-state index in [1.54, 1.807) is 6.20 Å². The van der Waals surface area contributed by atoms with Gasteiger partial charge in [0.1, 0.15) is 17.2 Å². The molecule has 0 atom stereocenters. The van der Waals surface area contributed by atoms with E-state index in [4.69, 9.17) is 9.47 Å². The third-order valence-corrected chi connectivity index (χ3v) is 7.70. The summed E-state index contributed by atoms with van der Waals surface area (Å²) in [6.45, 7) is 21.0. The van der Waals surface area contributed by atoms with Crippen molar-refractivity contribution in [2.75, 3.05) is 16.5 Å². The molecule has 0 fully saturated rings. The van der Waals surface area contributed by atoms with Crippen molar-refractivity contribution < 1.29 is 9.47 Å². The Labute approximate surface area is 257 Å². The number of benzene rings is 3. The molecule has 0 saturated carbocycles. The first-order chi connectivity index (χ1) is 20.1. The highest BCUT2D eigenvalue weighted by Crippen LogP contribution is 2.37. The Balaban J connectivity index is 1.37. The molecule has 0 aliphatic carbocycles. The summed E-state index contributed by atoms with van der Waals surface area (Å²) in [5.41, 5.74) is 6.15. The molecule has 0 spiro atoms. The van der Waals surface area contributed by atoms with Gasteiger partial charge < -0.3 is 19.3 Å². The molecule has 224 valence electrons. The molecule has 1 aliphatic heterocycles. The van der Waals surface area contributed by atoms with E-state index in [1.807, 2.05) is 36.4 Å². The number of ether oxygens (including phenoxy) is 2. The Morgan fingerprint density at radius 2 is 1.12 bits per heavy atom. The van der Waals surface area contributed by atoms with E-state index in [-0.39, 0.29) is 16.2 Å². The van der Waals surface area contributed by atoms with Gasteiger partial charge in [-0.25, -0.2) is 4.98 Å². The Kier molecular flexibility index (Phi) is 8.04. The zero-order valence-electron chi connectivity index (χ0n) is 27.1. The van der Waals surface area contributed by atoms with Crippen LogP contribution in [0.4, 0.5) is 11.4 Å². The van der Waals surface area contributed by atoms with Crippen molar-refractivity contribution in [3.05, 3.63) is 114 Å². The molecule has 3 aromatic carbocycles. The second-order valence-corrected chi connectivity index (χ2v) is 14.5. The summed E-state index contributed by atoms with van der Waals surface area (Å²) in [6, 6.07) is 27.0. The van der Waals surface area contributed by atoms with Gasteiger partial charge in [0, 0.05) is 48.2 Å². The third kappa shape index (κ3) is 7.40. The van der Waals surface area contributed by atoms with Crippen LogP contribution in [0.5, 0.6) is 23.1 Å². The fraction of sp³-hybridized carbons (Fsp3) is 0.342. The first kappa shape index (κ1) is 30.2. The summed E-state index contributed by atoms with van der Waals surface area (Å²) in [6.07, 6.45) is 6.03. The predicted molar refractivity (Wildman–Crippen MR) is 179 cm³/mol. The van der Waals surface area contributed by atoms with Crippen LogP contribution in [0.25, 0.3) is 0 Å². The third-order valence-electron chi connectivity index (χ3n) is 7.70. The topological polar surface area (TPSA) is 37.8 Å². The fourth-order valence-electron chi connectivity index (χ4n) is 4.91. The van der Waals surface area contributed by atoms with Gasteiger partial charge in [0.2, 0.25) is 5.88 Å². The smallest absolute Gasteiger partial charge is 0.219 e. The zero-order chi connectivity index (χ0) is 31.0. The van der Waals surface area contributed by atoms with E-state index in [0.717, 1.165) is 29.4 Å². The van der Waals surface area contributed by atoms with Crippen LogP contribution in [-0.4, -0.2) is 11.7 Å². The highest BCUT2D eigenvalue weighted by Gasteiger charge is 2.24. The van der Waals surface area contributed by atoms with Crippen LogP contribution in [0.1, 0.15) is 79.0 Å². The molecule has 0 saturated heterocycles. The van der Waals surface area contributed by atoms with Crippen molar-refractivity contribution in [3.8, 4) is 23.1 Å². The van der Waals surface area contributed by atoms with Gasteiger partial charge >= 0.3 is 0 Å². The molecule has 0 radical (unpaired) electrons. The lowest BCUT2D eigenvalue weighted by atomic mass is 9.80. The zero-order valence-corrected chi connectivity index (χ0v) is 27.1. The highest BCUT2D eigenvalue weighted by atomic mass is 16.5. The van der Waals surface area contributed by atoms with Crippen LogP contribution in [0.2, 0.25) is 0 Å². The van der Waals surface area contributed by atoms with Gasteiger partial charge in [-0.05, 0) is 75.4 Å². The van der Waals surface area contributed by atoms with Crippen molar-refractivity contribution in [2.24, 2.45) is 0 Å². The Bertz CT molecular complexity index is 1570. The first-order valence-corrected chi connectivity index (χ1v) is 15.1. The summed E-state index contributed by atoms with van der Waals surface area (Å²) in [5, 5.41) is 0. The average molecular weight is 576 g/mol. The summed E-state index contributed by atoms with van der Waals surface area (Å²) in [7, 11) is 0. The van der Waals surface area contributed by atoms with Crippen molar-refractivity contribution in [2.45, 2.75) is 78.6 Å². The number of aromatic nitrogens is 1. The molecule has 0 bridgehead atoms. The van der Waals surface area contributed by atoms with E-state index in [1.165, 1.54) is 16.8 Å². The fourth-order valence-corrected chi connectivity index (χ4v) is 4.91. The molecule has 5 heteroatoms. The molecule has 0 N–H and O–H groups in total. The van der Waals surface area contributed by atoms with Crippen molar-refractivity contribution in [1.82, 2.24) is 4.98 Å². The van der Waals surface area contributed by atoms with Gasteiger partial charge in [-0.2, -0.15) is 0 Å². The average Bonchev–Trinajstić information content (AvgIpc) is 3.43. The normalized spacial score (nSPS) is 13.9. The molecular formula is C38H45N3O2. The Morgan fingerprint density at radius 1 is 0.535 bits per heavy atom. The Morgan fingerprint density at radius 3 is 1.70 bits per heavy atom. The maximum absolute atomic E-state index is 6.45. The molecule has 2 heterocycles. The van der Waals surface area contributed by atoms with Gasteiger partial charge in [-0.15, -0.1) is 0 Å². The molecule has 0 unspecified atom stereocenters. The molecule has 43 heavy (non-hydrogen) atoms. The molecular weight excluding hydrogens is 530 g/mol. The van der Waals surface area contributed by atoms with Crippen LogP contribution in [0, 0.1) is 0 Å². The lowest BCUT2D eigenvalue weighted by Crippen LogP contribution is -2.26. The second kappa shape index (κ2) is 11.4. The predicted octanol–water partition coefficient (Wildman–Crippen LogP) is 10.3. The second-order valence-electron chi connectivity index (χ2n) is 14.5. The van der Waals surface area contributed by atoms with Gasteiger partial charge in [-0.3, -0.25) is 0 Å². The minimum atomic E-state index is -0.0790. The summed E-state index contributed by atoms with van der Waals surface area (Å²) < 4.78 is 12.5. The van der Waals surface area contributed by atoms with Crippen LogP contribution in [0.3, 0.4) is 0 Å². The van der Waals surface area contributed by atoms with Gasteiger partial charge in [-0.1, -0.05) is 80.5 Å². The lowest BCUT2D eigenvalue weighted by Gasteiger charge is -2.29.